The molecule has 0 bridgehead atoms. The highest BCUT2D eigenvalue weighted by Crippen LogP contribution is 2.21. The molecule has 4 aromatic rings. The zero-order valence-corrected chi connectivity index (χ0v) is 17.8. The number of hydrogen-bond acceptors (Lipinski definition) is 3. The molecule has 4 rings (SSSR count). The lowest BCUT2D eigenvalue weighted by molar-refractivity contribution is 0.0962. The first-order valence-electron chi connectivity index (χ1n) is 9.61. The van der Waals surface area contributed by atoms with Crippen LogP contribution in [0.2, 0.25) is 5.02 Å². The summed E-state index contributed by atoms with van der Waals surface area (Å²) in [7, 11) is 1.46. The van der Waals surface area contributed by atoms with Gasteiger partial charge >= 0.3 is 0 Å². The Morgan fingerprint density at radius 2 is 1.84 bits per heavy atom. The van der Waals surface area contributed by atoms with Crippen molar-refractivity contribution in [3.63, 3.8) is 0 Å². The first-order chi connectivity index (χ1) is 15.4. The summed E-state index contributed by atoms with van der Waals surface area (Å²) in [5.74, 6) is -1.44. The van der Waals surface area contributed by atoms with Gasteiger partial charge in [0.05, 0.1) is 16.3 Å². The maximum absolute atomic E-state index is 13.4. The number of rotatable bonds is 3. The molecule has 3 aromatic carbocycles. The van der Waals surface area contributed by atoms with Gasteiger partial charge in [-0.05, 0) is 47.3 Å². The number of carbonyl (C=O) groups is 1. The van der Waals surface area contributed by atoms with Crippen LogP contribution in [0.15, 0.2) is 72.9 Å². The molecule has 7 heteroatoms. The average Bonchev–Trinajstić information content (AvgIpc) is 2.81. The van der Waals surface area contributed by atoms with Gasteiger partial charge in [0.2, 0.25) is 0 Å². The second-order valence-corrected chi connectivity index (χ2v) is 7.20. The molecular formula is C25H18ClF2N3O. The highest BCUT2D eigenvalue weighted by atomic mass is 35.5. The Hall–Kier alpha value is -3.82. The molecule has 0 saturated heterocycles. The highest BCUT2D eigenvalue weighted by Gasteiger charge is 2.07. The van der Waals surface area contributed by atoms with E-state index in [0.717, 1.165) is 28.1 Å². The van der Waals surface area contributed by atoms with E-state index in [-0.39, 0.29) is 27.9 Å². The number of hydrogen-bond donors (Lipinski definition) is 1. The molecule has 0 atom stereocenters. The van der Waals surface area contributed by atoms with E-state index >= 15 is 0 Å². The Labute approximate surface area is 189 Å². The number of amides is 1. The largest absolute Gasteiger partial charge is 0.355 e. The first kappa shape index (κ1) is 22.9. The number of nitrogens with zero attached hydrogens (tertiary/aromatic N) is 2. The molecule has 0 spiro atoms. The molecule has 0 aliphatic rings. The van der Waals surface area contributed by atoms with E-state index in [0.29, 0.717) is 6.42 Å². The fourth-order valence-electron chi connectivity index (χ4n) is 3.06. The molecule has 0 unspecified atom stereocenters. The van der Waals surface area contributed by atoms with Crippen LogP contribution in [0.1, 0.15) is 27.2 Å². The van der Waals surface area contributed by atoms with Gasteiger partial charge in [-0.25, -0.2) is 8.78 Å². The van der Waals surface area contributed by atoms with E-state index < -0.39 is 5.82 Å². The monoisotopic (exact) mass is 449 g/mol. The third kappa shape index (κ3) is 5.45. The quantitative estimate of drug-likeness (QED) is 0.438. The topological polar surface area (TPSA) is 65.8 Å². The van der Waals surface area contributed by atoms with E-state index in [1.54, 1.807) is 18.3 Å². The molecule has 1 amide bonds. The van der Waals surface area contributed by atoms with Gasteiger partial charge in [-0.3, -0.25) is 9.78 Å². The van der Waals surface area contributed by atoms with Gasteiger partial charge < -0.3 is 5.32 Å². The minimum Gasteiger partial charge on any atom is -0.355 e. The second-order valence-electron chi connectivity index (χ2n) is 6.79. The summed E-state index contributed by atoms with van der Waals surface area (Å²) in [6.07, 6.45) is 2.37. The van der Waals surface area contributed by atoms with Gasteiger partial charge in [0, 0.05) is 30.6 Å². The molecule has 1 N–H and O–H groups in total. The van der Waals surface area contributed by atoms with Crippen LogP contribution in [0.4, 0.5) is 8.78 Å². The van der Waals surface area contributed by atoms with Crippen molar-refractivity contribution in [2.75, 3.05) is 7.05 Å². The Morgan fingerprint density at radius 1 is 1.06 bits per heavy atom. The second kappa shape index (κ2) is 10.5. The lowest BCUT2D eigenvalue weighted by Gasteiger charge is -2.06. The van der Waals surface area contributed by atoms with Crippen LogP contribution < -0.4 is 5.32 Å². The van der Waals surface area contributed by atoms with E-state index in [9.17, 15) is 13.6 Å². The number of halogens is 3. The molecule has 32 heavy (non-hydrogen) atoms. The fraction of sp³-hybridized carbons (Fsp3) is 0.0800. The fourth-order valence-corrected chi connectivity index (χ4v) is 3.17. The molecule has 0 aliphatic heterocycles. The van der Waals surface area contributed by atoms with Gasteiger partial charge in [-0.15, -0.1) is 0 Å². The number of carbonyl (C=O) groups excluding carboxylic acids is 1. The maximum atomic E-state index is 13.4. The van der Waals surface area contributed by atoms with Crippen molar-refractivity contribution in [1.82, 2.24) is 10.3 Å². The van der Waals surface area contributed by atoms with Crippen LogP contribution in [-0.4, -0.2) is 17.9 Å². The Morgan fingerprint density at radius 3 is 2.53 bits per heavy atom. The first-order valence-corrected chi connectivity index (χ1v) is 9.99. The van der Waals surface area contributed by atoms with Crippen molar-refractivity contribution in [2.24, 2.45) is 0 Å². The summed E-state index contributed by atoms with van der Waals surface area (Å²) in [6.45, 7) is 0. The summed E-state index contributed by atoms with van der Waals surface area (Å²) < 4.78 is 26.4. The van der Waals surface area contributed by atoms with Gasteiger partial charge in [0.15, 0.2) is 0 Å². The predicted octanol–water partition coefficient (Wildman–Crippen LogP) is 5.68. The average molecular weight is 450 g/mol. The van der Waals surface area contributed by atoms with E-state index in [1.165, 1.54) is 25.2 Å². The van der Waals surface area contributed by atoms with Crippen LogP contribution in [0.25, 0.3) is 10.8 Å². The van der Waals surface area contributed by atoms with Crippen molar-refractivity contribution >= 4 is 28.3 Å². The minimum atomic E-state index is -0.677. The van der Waals surface area contributed by atoms with Crippen molar-refractivity contribution < 1.29 is 13.6 Å². The molecule has 160 valence electrons. The lowest BCUT2D eigenvalue weighted by Crippen LogP contribution is -2.17. The number of fused-ring (bicyclic) bond motifs is 1. The van der Waals surface area contributed by atoms with Crippen LogP contribution in [-0.2, 0) is 6.42 Å². The summed E-state index contributed by atoms with van der Waals surface area (Å²) in [5, 5.41) is 13.2. The zero-order chi connectivity index (χ0) is 23.1. The summed E-state index contributed by atoms with van der Waals surface area (Å²) >= 11 is 5.69. The Bertz CT molecular complexity index is 1310. The van der Waals surface area contributed by atoms with E-state index in [4.69, 9.17) is 16.9 Å². The SMILES string of the molecule is CNC(=O)c1ccc(C#N)c(F)c1.Fc1cc(Cc2nccc3ccccc23)ccc1Cl. The van der Waals surface area contributed by atoms with Crippen LogP contribution in [0, 0.1) is 23.0 Å². The number of nitrogens with one attached hydrogen (secondary N) is 1. The Balaban J connectivity index is 0.000000195. The van der Waals surface area contributed by atoms with Crippen molar-refractivity contribution in [1.29, 1.82) is 5.26 Å². The summed E-state index contributed by atoms with van der Waals surface area (Å²) in [6, 6.07) is 20.3. The standard InChI is InChI=1S/C16H11ClFN.C9H7FN2O/c17-14-6-5-11(9-15(14)18)10-16-13-4-2-1-3-12(13)7-8-19-16;1-12-9(13)6-2-3-7(5-11)8(10)4-6/h1-9H,10H2;2-4H,1H3,(H,12,13). The normalized spacial score (nSPS) is 10.1. The number of benzene rings is 3. The number of pyridine rings is 1. The van der Waals surface area contributed by atoms with Crippen LogP contribution >= 0.6 is 11.6 Å². The zero-order valence-electron chi connectivity index (χ0n) is 17.1. The van der Waals surface area contributed by atoms with Crippen LogP contribution in [0.5, 0.6) is 0 Å². The van der Waals surface area contributed by atoms with Crippen LogP contribution in [0.3, 0.4) is 0 Å². The molecule has 0 fully saturated rings. The summed E-state index contributed by atoms with van der Waals surface area (Å²) in [4.78, 5) is 15.4. The number of nitriles is 1. The highest BCUT2D eigenvalue weighted by molar-refractivity contribution is 6.30. The van der Waals surface area contributed by atoms with Crippen molar-refractivity contribution in [3.8, 4) is 6.07 Å². The maximum Gasteiger partial charge on any atom is 0.251 e. The smallest absolute Gasteiger partial charge is 0.251 e. The molecule has 1 aromatic heterocycles. The third-order valence-electron chi connectivity index (χ3n) is 4.69. The molecule has 0 aliphatic carbocycles. The Kier molecular flexibility index (Phi) is 7.48. The molecular weight excluding hydrogens is 432 g/mol. The molecule has 0 saturated carbocycles. The molecule has 0 radical (unpaired) electrons. The molecule has 1 heterocycles. The van der Waals surface area contributed by atoms with Crippen molar-refractivity contribution in [2.45, 2.75) is 6.42 Å². The predicted molar refractivity (Wildman–Crippen MR) is 120 cm³/mol. The summed E-state index contributed by atoms with van der Waals surface area (Å²) in [5.41, 5.74) is 1.96. The third-order valence-corrected chi connectivity index (χ3v) is 5.00. The van der Waals surface area contributed by atoms with Gasteiger partial charge in [0.1, 0.15) is 17.7 Å². The van der Waals surface area contributed by atoms with Gasteiger partial charge in [-0.2, -0.15) is 5.26 Å². The van der Waals surface area contributed by atoms with Gasteiger partial charge in [-0.1, -0.05) is 41.9 Å². The minimum absolute atomic E-state index is 0.0624. The number of aromatic nitrogens is 1. The molecule has 4 nitrogen and oxygen atoms in total. The van der Waals surface area contributed by atoms with Crippen molar-refractivity contribution in [3.05, 3.63) is 112 Å². The van der Waals surface area contributed by atoms with E-state index in [2.05, 4.69) is 10.3 Å². The lowest BCUT2D eigenvalue weighted by atomic mass is 10.0. The van der Waals surface area contributed by atoms with Gasteiger partial charge in [0.25, 0.3) is 5.91 Å². The van der Waals surface area contributed by atoms with E-state index in [1.807, 2.05) is 36.4 Å².